The van der Waals surface area contributed by atoms with Crippen LogP contribution in [-0.4, -0.2) is 32.0 Å². The molecule has 0 saturated carbocycles. The highest BCUT2D eigenvalue weighted by atomic mass is 16.5. The Hall–Kier alpha value is -3.02. The quantitative estimate of drug-likeness (QED) is 0.761. The number of ether oxygens (including phenoxy) is 1. The lowest BCUT2D eigenvalue weighted by Crippen LogP contribution is -2.32. The van der Waals surface area contributed by atoms with Gasteiger partial charge in [-0.15, -0.1) is 0 Å². The topological polar surface area (TPSA) is 79.5 Å². The third kappa shape index (κ3) is 4.49. The highest BCUT2D eigenvalue weighted by Crippen LogP contribution is 2.17. The van der Waals surface area contributed by atoms with Gasteiger partial charge in [-0.05, 0) is 37.3 Å². The van der Waals surface area contributed by atoms with E-state index in [1.807, 2.05) is 12.1 Å². The largest absolute Gasteiger partial charge is 0.497 e. The van der Waals surface area contributed by atoms with Crippen LogP contribution in [0, 0.1) is 0 Å². The Bertz CT molecular complexity index is 731. The molecule has 2 amide bonds. The summed E-state index contributed by atoms with van der Waals surface area (Å²) in [4.78, 5) is 24.0. The minimum absolute atomic E-state index is 0.174. The predicted octanol–water partition coefficient (Wildman–Crippen LogP) is 2.49. The summed E-state index contributed by atoms with van der Waals surface area (Å²) in [6, 6.07) is 13.7. The third-order valence-electron chi connectivity index (χ3n) is 3.47. The van der Waals surface area contributed by atoms with Crippen molar-refractivity contribution in [3.05, 3.63) is 54.1 Å². The Labute approximate surface area is 141 Å². The van der Waals surface area contributed by atoms with Crippen LogP contribution in [0.4, 0.5) is 11.4 Å². The van der Waals surface area contributed by atoms with Gasteiger partial charge in [-0.25, -0.2) is 0 Å². The molecule has 0 aliphatic rings. The van der Waals surface area contributed by atoms with E-state index in [-0.39, 0.29) is 11.8 Å². The van der Waals surface area contributed by atoms with Gasteiger partial charge in [0.15, 0.2) is 0 Å². The van der Waals surface area contributed by atoms with Gasteiger partial charge in [0.1, 0.15) is 11.8 Å². The summed E-state index contributed by atoms with van der Waals surface area (Å²) >= 11 is 0. The van der Waals surface area contributed by atoms with Crippen LogP contribution in [-0.2, 0) is 4.79 Å². The van der Waals surface area contributed by atoms with E-state index in [4.69, 9.17) is 4.74 Å². The SMILES string of the molecule is CNC(=O)c1cccc(NC(C)C(=O)Nc2cccc(OC)c2)c1. The Morgan fingerprint density at radius 3 is 2.46 bits per heavy atom. The van der Waals surface area contributed by atoms with Crippen molar-refractivity contribution in [1.29, 1.82) is 0 Å². The van der Waals surface area contributed by atoms with Crippen LogP contribution >= 0.6 is 0 Å². The number of hydrogen-bond acceptors (Lipinski definition) is 4. The summed E-state index contributed by atoms with van der Waals surface area (Å²) in [6.45, 7) is 1.75. The van der Waals surface area contributed by atoms with Crippen LogP contribution in [0.1, 0.15) is 17.3 Å². The zero-order valence-electron chi connectivity index (χ0n) is 13.9. The standard InChI is InChI=1S/C18H21N3O3/c1-12(17(22)21-15-8-5-9-16(11-15)24-3)20-14-7-4-6-13(10-14)18(23)19-2/h4-12,20H,1-3H3,(H,19,23)(H,21,22). The lowest BCUT2D eigenvalue weighted by Gasteiger charge is -2.16. The maximum absolute atomic E-state index is 12.3. The molecule has 0 saturated heterocycles. The van der Waals surface area contributed by atoms with Crippen LogP contribution in [0.5, 0.6) is 5.75 Å². The number of rotatable bonds is 6. The Kier molecular flexibility index (Phi) is 5.78. The van der Waals surface area contributed by atoms with E-state index in [1.54, 1.807) is 57.5 Å². The maximum atomic E-state index is 12.3. The number of amides is 2. The summed E-state index contributed by atoms with van der Waals surface area (Å²) in [5.74, 6) is 0.312. The van der Waals surface area contributed by atoms with Gasteiger partial charge in [-0.1, -0.05) is 12.1 Å². The Morgan fingerprint density at radius 1 is 1.04 bits per heavy atom. The first-order chi connectivity index (χ1) is 11.5. The maximum Gasteiger partial charge on any atom is 0.251 e. The van der Waals surface area contributed by atoms with E-state index in [1.165, 1.54) is 0 Å². The molecule has 0 aromatic heterocycles. The van der Waals surface area contributed by atoms with Gasteiger partial charge in [-0.3, -0.25) is 9.59 Å². The van der Waals surface area contributed by atoms with Crippen LogP contribution < -0.4 is 20.7 Å². The second kappa shape index (κ2) is 8.01. The second-order valence-electron chi connectivity index (χ2n) is 5.25. The molecule has 2 rings (SSSR count). The van der Waals surface area contributed by atoms with Crippen molar-refractivity contribution in [2.45, 2.75) is 13.0 Å². The molecule has 24 heavy (non-hydrogen) atoms. The molecule has 0 spiro atoms. The molecule has 126 valence electrons. The number of methoxy groups -OCH3 is 1. The van der Waals surface area contributed by atoms with E-state index in [2.05, 4.69) is 16.0 Å². The van der Waals surface area contributed by atoms with Gasteiger partial charge < -0.3 is 20.7 Å². The minimum atomic E-state index is -0.476. The monoisotopic (exact) mass is 327 g/mol. The molecule has 0 aliphatic carbocycles. The number of carbonyl (C=O) groups is 2. The molecule has 0 bridgehead atoms. The summed E-state index contributed by atoms with van der Waals surface area (Å²) in [5, 5.41) is 8.48. The molecule has 0 fully saturated rings. The molecule has 1 unspecified atom stereocenters. The zero-order chi connectivity index (χ0) is 17.5. The molecule has 2 aromatic rings. The molecular formula is C18H21N3O3. The summed E-state index contributed by atoms with van der Waals surface area (Å²) in [7, 11) is 3.15. The van der Waals surface area contributed by atoms with Crippen molar-refractivity contribution in [2.75, 3.05) is 24.8 Å². The molecular weight excluding hydrogens is 306 g/mol. The molecule has 6 heteroatoms. The van der Waals surface area contributed by atoms with Gasteiger partial charge >= 0.3 is 0 Å². The van der Waals surface area contributed by atoms with E-state index in [0.717, 1.165) is 0 Å². The van der Waals surface area contributed by atoms with Crippen LogP contribution in [0.3, 0.4) is 0 Å². The van der Waals surface area contributed by atoms with Crippen molar-refractivity contribution >= 4 is 23.2 Å². The summed E-state index contributed by atoms with van der Waals surface area (Å²) < 4.78 is 5.13. The molecule has 2 aromatic carbocycles. The first-order valence-corrected chi connectivity index (χ1v) is 7.57. The highest BCUT2D eigenvalue weighted by Gasteiger charge is 2.14. The smallest absolute Gasteiger partial charge is 0.251 e. The average Bonchev–Trinajstić information content (AvgIpc) is 2.61. The molecule has 6 nitrogen and oxygen atoms in total. The number of carbonyl (C=O) groups excluding carboxylic acids is 2. The van der Waals surface area contributed by atoms with Gasteiger partial charge in [0.2, 0.25) is 5.91 Å². The normalized spacial score (nSPS) is 11.3. The number of anilines is 2. The molecule has 0 heterocycles. The minimum Gasteiger partial charge on any atom is -0.497 e. The molecule has 0 radical (unpaired) electrons. The Morgan fingerprint density at radius 2 is 1.75 bits per heavy atom. The average molecular weight is 327 g/mol. The third-order valence-corrected chi connectivity index (χ3v) is 3.47. The predicted molar refractivity (Wildman–Crippen MR) is 94.5 cm³/mol. The summed E-state index contributed by atoms with van der Waals surface area (Å²) in [5.41, 5.74) is 1.89. The highest BCUT2D eigenvalue weighted by molar-refractivity contribution is 5.97. The van der Waals surface area contributed by atoms with Crippen molar-refractivity contribution in [1.82, 2.24) is 5.32 Å². The lowest BCUT2D eigenvalue weighted by atomic mass is 10.1. The molecule has 3 N–H and O–H groups in total. The lowest BCUT2D eigenvalue weighted by molar-refractivity contribution is -0.116. The van der Waals surface area contributed by atoms with Gasteiger partial charge in [-0.2, -0.15) is 0 Å². The van der Waals surface area contributed by atoms with Crippen LogP contribution in [0.2, 0.25) is 0 Å². The van der Waals surface area contributed by atoms with Gasteiger partial charge in [0, 0.05) is 30.1 Å². The van der Waals surface area contributed by atoms with Crippen molar-refractivity contribution in [3.63, 3.8) is 0 Å². The first-order valence-electron chi connectivity index (χ1n) is 7.57. The van der Waals surface area contributed by atoms with Gasteiger partial charge in [0.05, 0.1) is 7.11 Å². The zero-order valence-corrected chi connectivity index (χ0v) is 13.9. The van der Waals surface area contributed by atoms with E-state index in [9.17, 15) is 9.59 Å². The second-order valence-corrected chi connectivity index (χ2v) is 5.25. The molecule has 0 aliphatic heterocycles. The molecule has 1 atom stereocenters. The fourth-order valence-electron chi connectivity index (χ4n) is 2.16. The van der Waals surface area contributed by atoms with Gasteiger partial charge in [0.25, 0.3) is 5.91 Å². The van der Waals surface area contributed by atoms with Crippen molar-refractivity contribution in [3.8, 4) is 5.75 Å². The van der Waals surface area contributed by atoms with Crippen molar-refractivity contribution in [2.24, 2.45) is 0 Å². The van der Waals surface area contributed by atoms with E-state index in [0.29, 0.717) is 22.7 Å². The summed E-state index contributed by atoms with van der Waals surface area (Å²) in [6.07, 6.45) is 0. The number of hydrogen-bond donors (Lipinski definition) is 3. The van der Waals surface area contributed by atoms with Crippen LogP contribution in [0.15, 0.2) is 48.5 Å². The first kappa shape index (κ1) is 17.3. The van der Waals surface area contributed by atoms with Crippen LogP contribution in [0.25, 0.3) is 0 Å². The fraction of sp³-hybridized carbons (Fsp3) is 0.222. The number of benzene rings is 2. The Balaban J connectivity index is 2.02. The fourth-order valence-corrected chi connectivity index (χ4v) is 2.16. The number of nitrogens with one attached hydrogen (secondary N) is 3. The van der Waals surface area contributed by atoms with E-state index >= 15 is 0 Å². The van der Waals surface area contributed by atoms with E-state index < -0.39 is 6.04 Å². The van der Waals surface area contributed by atoms with Crippen molar-refractivity contribution < 1.29 is 14.3 Å².